The molecule has 2 nitrogen and oxygen atoms in total. The summed E-state index contributed by atoms with van der Waals surface area (Å²) in [6.07, 6.45) is 3.13. The molecule has 0 aromatic heterocycles. The second-order valence-electron chi connectivity index (χ2n) is 3.91. The molecule has 0 fully saturated rings. The summed E-state index contributed by atoms with van der Waals surface area (Å²) < 4.78 is 12.7. The van der Waals surface area contributed by atoms with E-state index in [9.17, 15) is 4.39 Å². The maximum Gasteiger partial charge on any atom is 0.166 e. The molecule has 1 rings (SSSR count). The number of hydrogen-bond donors (Lipinski definition) is 2. The lowest BCUT2D eigenvalue weighted by Gasteiger charge is -2.09. The number of thiocarbonyl (C=S) groups is 1. The molecular formula is C13H19FN2S. The molecule has 94 valence electrons. The van der Waals surface area contributed by atoms with Gasteiger partial charge in [0.25, 0.3) is 0 Å². The summed E-state index contributed by atoms with van der Waals surface area (Å²) in [6, 6.07) is 6.55. The highest BCUT2D eigenvalue weighted by Gasteiger charge is 1.96. The van der Waals surface area contributed by atoms with E-state index in [0.717, 1.165) is 37.9 Å². The van der Waals surface area contributed by atoms with Crippen LogP contribution in [0.15, 0.2) is 24.3 Å². The molecule has 0 aliphatic carbocycles. The minimum Gasteiger partial charge on any atom is -0.363 e. The Kier molecular flexibility index (Phi) is 6.55. The SMILES string of the molecule is CCCCNC(=S)NCCc1ccc(F)cc1. The van der Waals surface area contributed by atoms with Crippen molar-refractivity contribution in [3.63, 3.8) is 0 Å². The molecule has 0 bridgehead atoms. The highest BCUT2D eigenvalue weighted by atomic mass is 32.1. The van der Waals surface area contributed by atoms with Crippen LogP contribution in [0, 0.1) is 5.82 Å². The fraction of sp³-hybridized carbons (Fsp3) is 0.462. The third-order valence-electron chi connectivity index (χ3n) is 2.43. The molecular weight excluding hydrogens is 235 g/mol. The van der Waals surface area contributed by atoms with E-state index in [0.29, 0.717) is 5.11 Å². The van der Waals surface area contributed by atoms with Gasteiger partial charge in [0.1, 0.15) is 5.82 Å². The van der Waals surface area contributed by atoms with Gasteiger partial charge in [0, 0.05) is 13.1 Å². The van der Waals surface area contributed by atoms with E-state index in [2.05, 4.69) is 17.6 Å². The zero-order chi connectivity index (χ0) is 12.5. The molecule has 0 aliphatic rings. The number of halogens is 1. The summed E-state index contributed by atoms with van der Waals surface area (Å²) in [4.78, 5) is 0. The number of nitrogens with one attached hydrogen (secondary N) is 2. The van der Waals surface area contributed by atoms with Gasteiger partial charge in [0.2, 0.25) is 0 Å². The smallest absolute Gasteiger partial charge is 0.166 e. The van der Waals surface area contributed by atoms with Crippen molar-refractivity contribution in [2.24, 2.45) is 0 Å². The molecule has 0 radical (unpaired) electrons. The maximum atomic E-state index is 12.7. The lowest BCUT2D eigenvalue weighted by Crippen LogP contribution is -2.36. The number of hydrogen-bond acceptors (Lipinski definition) is 1. The number of benzene rings is 1. The largest absolute Gasteiger partial charge is 0.363 e. The first-order valence-electron chi connectivity index (χ1n) is 5.98. The van der Waals surface area contributed by atoms with Gasteiger partial charge in [-0.25, -0.2) is 4.39 Å². The first kappa shape index (κ1) is 13.9. The van der Waals surface area contributed by atoms with Crippen molar-refractivity contribution in [3.8, 4) is 0 Å². The standard InChI is InChI=1S/C13H19FN2S/c1-2-3-9-15-13(17)16-10-8-11-4-6-12(14)7-5-11/h4-7H,2-3,8-10H2,1H3,(H2,15,16,17). The predicted octanol–water partition coefficient (Wildman–Crippen LogP) is 2.63. The van der Waals surface area contributed by atoms with Crippen LogP contribution in [0.2, 0.25) is 0 Å². The summed E-state index contributed by atoms with van der Waals surface area (Å²) >= 11 is 5.12. The van der Waals surface area contributed by atoms with E-state index in [1.54, 1.807) is 12.1 Å². The van der Waals surface area contributed by atoms with Crippen molar-refractivity contribution in [1.82, 2.24) is 10.6 Å². The highest BCUT2D eigenvalue weighted by molar-refractivity contribution is 7.80. The van der Waals surface area contributed by atoms with Crippen molar-refractivity contribution in [2.45, 2.75) is 26.2 Å². The lowest BCUT2D eigenvalue weighted by atomic mass is 10.1. The highest BCUT2D eigenvalue weighted by Crippen LogP contribution is 2.02. The Hall–Kier alpha value is -1.16. The third kappa shape index (κ3) is 6.22. The van der Waals surface area contributed by atoms with Gasteiger partial charge in [-0.05, 0) is 42.8 Å². The van der Waals surface area contributed by atoms with E-state index >= 15 is 0 Å². The van der Waals surface area contributed by atoms with E-state index in [1.807, 2.05) is 0 Å². The van der Waals surface area contributed by atoms with E-state index in [4.69, 9.17) is 12.2 Å². The minimum absolute atomic E-state index is 0.196. The monoisotopic (exact) mass is 254 g/mol. The van der Waals surface area contributed by atoms with Gasteiger partial charge in [0.05, 0.1) is 0 Å². The molecule has 0 aliphatic heterocycles. The van der Waals surface area contributed by atoms with Crippen molar-refractivity contribution in [2.75, 3.05) is 13.1 Å². The molecule has 17 heavy (non-hydrogen) atoms. The van der Waals surface area contributed by atoms with Crippen molar-refractivity contribution < 1.29 is 4.39 Å². The molecule has 0 atom stereocenters. The van der Waals surface area contributed by atoms with Gasteiger partial charge < -0.3 is 10.6 Å². The summed E-state index contributed by atoms with van der Waals surface area (Å²) in [7, 11) is 0. The average Bonchev–Trinajstić information content (AvgIpc) is 2.32. The van der Waals surface area contributed by atoms with Crippen molar-refractivity contribution in [3.05, 3.63) is 35.6 Å². The molecule has 2 N–H and O–H groups in total. The van der Waals surface area contributed by atoms with Gasteiger partial charge in [-0.15, -0.1) is 0 Å². The normalized spacial score (nSPS) is 10.0. The van der Waals surface area contributed by atoms with Crippen molar-refractivity contribution in [1.29, 1.82) is 0 Å². The molecule has 0 saturated heterocycles. The fourth-order valence-corrected chi connectivity index (χ4v) is 1.62. The first-order valence-corrected chi connectivity index (χ1v) is 6.39. The quantitative estimate of drug-likeness (QED) is 0.603. The lowest BCUT2D eigenvalue weighted by molar-refractivity contribution is 0.627. The van der Waals surface area contributed by atoms with Gasteiger partial charge in [0.15, 0.2) is 5.11 Å². The van der Waals surface area contributed by atoms with Crippen LogP contribution >= 0.6 is 12.2 Å². The van der Waals surface area contributed by atoms with Crippen LogP contribution < -0.4 is 10.6 Å². The first-order chi connectivity index (χ1) is 8.22. The predicted molar refractivity (Wildman–Crippen MR) is 73.6 cm³/mol. The van der Waals surface area contributed by atoms with Crippen LogP contribution in [0.4, 0.5) is 4.39 Å². The van der Waals surface area contributed by atoms with Gasteiger partial charge in [-0.3, -0.25) is 0 Å². The van der Waals surface area contributed by atoms with Crippen LogP contribution in [0.25, 0.3) is 0 Å². The molecule has 1 aromatic rings. The van der Waals surface area contributed by atoms with Gasteiger partial charge >= 0.3 is 0 Å². The van der Waals surface area contributed by atoms with Gasteiger partial charge in [-0.1, -0.05) is 25.5 Å². The topological polar surface area (TPSA) is 24.1 Å². The zero-order valence-corrected chi connectivity index (χ0v) is 10.9. The van der Waals surface area contributed by atoms with Crippen LogP contribution in [0.3, 0.4) is 0 Å². The van der Waals surface area contributed by atoms with E-state index < -0.39 is 0 Å². The van der Waals surface area contributed by atoms with Crippen LogP contribution in [0.5, 0.6) is 0 Å². The molecule has 0 heterocycles. The fourth-order valence-electron chi connectivity index (χ4n) is 1.41. The Balaban J connectivity index is 2.14. The average molecular weight is 254 g/mol. The number of unbranched alkanes of at least 4 members (excludes halogenated alkanes) is 1. The van der Waals surface area contributed by atoms with Gasteiger partial charge in [-0.2, -0.15) is 0 Å². The molecule has 1 aromatic carbocycles. The molecule has 0 saturated carbocycles. The molecule has 4 heteroatoms. The third-order valence-corrected chi connectivity index (χ3v) is 2.72. The molecule has 0 amide bonds. The molecule has 0 unspecified atom stereocenters. The minimum atomic E-state index is -0.196. The summed E-state index contributed by atoms with van der Waals surface area (Å²) in [5.41, 5.74) is 1.11. The maximum absolute atomic E-state index is 12.7. The summed E-state index contributed by atoms with van der Waals surface area (Å²) in [5.74, 6) is -0.196. The van der Waals surface area contributed by atoms with Crippen LogP contribution in [-0.4, -0.2) is 18.2 Å². The summed E-state index contributed by atoms with van der Waals surface area (Å²) in [6.45, 7) is 3.83. The second kappa shape index (κ2) is 8.01. The van der Waals surface area contributed by atoms with E-state index in [1.165, 1.54) is 12.1 Å². The van der Waals surface area contributed by atoms with Crippen LogP contribution in [0.1, 0.15) is 25.3 Å². The zero-order valence-electron chi connectivity index (χ0n) is 10.1. The Bertz CT molecular complexity index is 338. The Labute approximate surface area is 108 Å². The van der Waals surface area contributed by atoms with Crippen LogP contribution in [-0.2, 0) is 6.42 Å². The second-order valence-corrected chi connectivity index (χ2v) is 4.32. The number of rotatable bonds is 6. The summed E-state index contributed by atoms with van der Waals surface area (Å²) in [5, 5.41) is 6.97. The Morgan fingerprint density at radius 2 is 1.82 bits per heavy atom. The van der Waals surface area contributed by atoms with E-state index in [-0.39, 0.29) is 5.82 Å². The molecule has 0 spiro atoms. The van der Waals surface area contributed by atoms with Crippen molar-refractivity contribution >= 4 is 17.3 Å². The Morgan fingerprint density at radius 3 is 2.47 bits per heavy atom. The Morgan fingerprint density at radius 1 is 1.18 bits per heavy atom.